The van der Waals surface area contributed by atoms with E-state index in [0.717, 1.165) is 56.3 Å². The quantitative estimate of drug-likeness (QED) is 0.560. The molecule has 0 bridgehead atoms. The lowest BCUT2D eigenvalue weighted by Gasteiger charge is -2.33. The number of thiazole rings is 1. The summed E-state index contributed by atoms with van der Waals surface area (Å²) >= 11 is 1.57. The Kier molecular flexibility index (Phi) is 8.00. The summed E-state index contributed by atoms with van der Waals surface area (Å²) in [5, 5.41) is 2.91. The van der Waals surface area contributed by atoms with E-state index < -0.39 is 0 Å². The van der Waals surface area contributed by atoms with Crippen LogP contribution in [-0.4, -0.2) is 83.4 Å². The van der Waals surface area contributed by atoms with Crippen LogP contribution in [0.25, 0.3) is 0 Å². The zero-order chi connectivity index (χ0) is 24.1. The van der Waals surface area contributed by atoms with Gasteiger partial charge in [-0.1, -0.05) is 6.08 Å². The standard InChI is InChI=1S/C26H34N4O3S/c1-4-11-28-14-16-30(17-15-28)26(32)23-18-34-24(27-23)20-9-12-29(13-10-20)25(31)21-5-7-22(8-6-21)33-19(2)3/h4-8,18-20H,1,9-17H2,2-3H3. The van der Waals surface area contributed by atoms with Crippen molar-refractivity contribution in [3.8, 4) is 5.75 Å². The third-order valence-electron chi connectivity index (χ3n) is 6.39. The number of hydrogen-bond acceptors (Lipinski definition) is 6. The molecule has 0 spiro atoms. The van der Waals surface area contributed by atoms with Crippen LogP contribution < -0.4 is 4.74 Å². The van der Waals surface area contributed by atoms with Gasteiger partial charge in [-0.05, 0) is 51.0 Å². The number of piperidine rings is 1. The molecule has 1 aromatic heterocycles. The number of nitrogens with zero attached hydrogens (tertiary/aromatic N) is 4. The maximum Gasteiger partial charge on any atom is 0.273 e. The molecule has 4 rings (SSSR count). The molecule has 1 aromatic carbocycles. The van der Waals surface area contributed by atoms with Crippen molar-refractivity contribution in [2.24, 2.45) is 0 Å². The van der Waals surface area contributed by atoms with Gasteiger partial charge in [0.05, 0.1) is 11.1 Å². The summed E-state index contributed by atoms with van der Waals surface area (Å²) in [7, 11) is 0. The first-order valence-corrected chi connectivity index (χ1v) is 13.0. The highest BCUT2D eigenvalue weighted by atomic mass is 32.1. The third-order valence-corrected chi connectivity index (χ3v) is 7.40. The number of hydrogen-bond donors (Lipinski definition) is 0. The molecular formula is C26H34N4O3S. The minimum Gasteiger partial charge on any atom is -0.491 e. The molecular weight excluding hydrogens is 448 g/mol. The van der Waals surface area contributed by atoms with Gasteiger partial charge in [0.1, 0.15) is 11.4 Å². The van der Waals surface area contributed by atoms with E-state index in [1.54, 1.807) is 11.3 Å². The molecule has 2 aliphatic rings. The minimum atomic E-state index is 0.0262. The van der Waals surface area contributed by atoms with Crippen LogP contribution in [0.3, 0.4) is 0 Å². The Morgan fingerprint density at radius 1 is 1.06 bits per heavy atom. The second-order valence-electron chi connectivity index (χ2n) is 9.21. The van der Waals surface area contributed by atoms with Crippen LogP contribution in [0.4, 0.5) is 0 Å². The highest BCUT2D eigenvalue weighted by Crippen LogP contribution is 2.31. The molecule has 3 heterocycles. The highest BCUT2D eigenvalue weighted by Gasteiger charge is 2.28. The zero-order valence-electron chi connectivity index (χ0n) is 20.1. The van der Waals surface area contributed by atoms with Gasteiger partial charge in [-0.3, -0.25) is 14.5 Å². The summed E-state index contributed by atoms with van der Waals surface area (Å²) < 4.78 is 5.67. The number of ether oxygens (including phenoxy) is 1. The minimum absolute atomic E-state index is 0.0262. The Morgan fingerprint density at radius 3 is 2.32 bits per heavy atom. The van der Waals surface area contributed by atoms with E-state index in [-0.39, 0.29) is 17.9 Å². The number of aromatic nitrogens is 1. The maximum atomic E-state index is 12.9. The Morgan fingerprint density at radius 2 is 1.71 bits per heavy atom. The summed E-state index contributed by atoms with van der Waals surface area (Å²) in [6.45, 7) is 13.2. The van der Waals surface area contributed by atoms with Crippen molar-refractivity contribution < 1.29 is 14.3 Å². The van der Waals surface area contributed by atoms with Gasteiger partial charge in [0.25, 0.3) is 11.8 Å². The number of carbonyl (C=O) groups excluding carboxylic acids is 2. The molecule has 182 valence electrons. The first-order valence-electron chi connectivity index (χ1n) is 12.1. The zero-order valence-corrected chi connectivity index (χ0v) is 20.9. The van der Waals surface area contributed by atoms with Crippen molar-refractivity contribution in [1.82, 2.24) is 19.7 Å². The predicted octanol–water partition coefficient (Wildman–Crippen LogP) is 3.89. The number of likely N-dealkylation sites (tertiary alicyclic amines) is 1. The lowest BCUT2D eigenvalue weighted by Crippen LogP contribution is -2.48. The summed E-state index contributed by atoms with van der Waals surface area (Å²) in [5.74, 6) is 1.15. The Bertz CT molecular complexity index is 988. The summed E-state index contributed by atoms with van der Waals surface area (Å²) in [4.78, 5) is 36.7. The van der Waals surface area contributed by atoms with E-state index in [1.165, 1.54) is 0 Å². The lowest BCUT2D eigenvalue weighted by molar-refractivity contribution is 0.0645. The maximum absolute atomic E-state index is 12.9. The van der Waals surface area contributed by atoms with Crippen molar-refractivity contribution in [3.05, 3.63) is 58.6 Å². The van der Waals surface area contributed by atoms with Crippen LogP contribution in [0.2, 0.25) is 0 Å². The monoisotopic (exact) mass is 482 g/mol. The normalized spacial score (nSPS) is 17.7. The second kappa shape index (κ2) is 11.1. The number of rotatable bonds is 7. The SMILES string of the molecule is C=CCN1CCN(C(=O)c2csc(C3CCN(C(=O)c4ccc(OC(C)C)cc4)CC3)n2)CC1. The van der Waals surface area contributed by atoms with Crippen molar-refractivity contribution >= 4 is 23.2 Å². The molecule has 2 aliphatic heterocycles. The van der Waals surface area contributed by atoms with Crippen molar-refractivity contribution in [3.63, 3.8) is 0 Å². The Balaban J connectivity index is 1.29. The van der Waals surface area contributed by atoms with Crippen LogP contribution in [0, 0.1) is 0 Å². The fourth-order valence-electron chi connectivity index (χ4n) is 4.51. The summed E-state index contributed by atoms with van der Waals surface area (Å²) in [5.41, 5.74) is 1.24. The highest BCUT2D eigenvalue weighted by molar-refractivity contribution is 7.09. The fraction of sp³-hybridized carbons (Fsp3) is 0.500. The van der Waals surface area contributed by atoms with Gasteiger partial charge in [-0.2, -0.15) is 0 Å². The molecule has 0 N–H and O–H groups in total. The molecule has 0 radical (unpaired) electrons. The lowest BCUT2D eigenvalue weighted by atomic mass is 9.97. The molecule has 2 saturated heterocycles. The first-order chi connectivity index (χ1) is 16.4. The molecule has 0 saturated carbocycles. The van der Waals surface area contributed by atoms with Gasteiger partial charge in [0.2, 0.25) is 0 Å². The molecule has 34 heavy (non-hydrogen) atoms. The smallest absolute Gasteiger partial charge is 0.273 e. The summed E-state index contributed by atoms with van der Waals surface area (Å²) in [6.07, 6.45) is 3.74. The van der Waals surface area contributed by atoms with Gasteiger partial charge in [0, 0.05) is 62.7 Å². The molecule has 7 nitrogen and oxygen atoms in total. The van der Waals surface area contributed by atoms with Crippen LogP contribution in [0.15, 0.2) is 42.3 Å². The van der Waals surface area contributed by atoms with Crippen molar-refractivity contribution in [2.45, 2.75) is 38.7 Å². The largest absolute Gasteiger partial charge is 0.491 e. The molecule has 2 amide bonds. The number of amides is 2. The van der Waals surface area contributed by atoms with E-state index >= 15 is 0 Å². The number of benzene rings is 1. The van der Waals surface area contributed by atoms with Crippen molar-refractivity contribution in [2.75, 3.05) is 45.8 Å². The molecule has 8 heteroatoms. The average Bonchev–Trinajstić information content (AvgIpc) is 3.34. The van der Waals surface area contributed by atoms with Gasteiger partial charge in [-0.15, -0.1) is 17.9 Å². The van der Waals surface area contributed by atoms with E-state index in [4.69, 9.17) is 9.72 Å². The predicted molar refractivity (Wildman–Crippen MR) is 135 cm³/mol. The van der Waals surface area contributed by atoms with Crippen LogP contribution in [0.5, 0.6) is 5.75 Å². The average molecular weight is 483 g/mol. The molecule has 2 fully saturated rings. The Hall–Kier alpha value is -2.71. The van der Waals surface area contributed by atoms with Crippen LogP contribution in [0.1, 0.15) is 58.5 Å². The van der Waals surface area contributed by atoms with Gasteiger partial charge < -0.3 is 14.5 Å². The van der Waals surface area contributed by atoms with Crippen molar-refractivity contribution in [1.29, 1.82) is 0 Å². The second-order valence-corrected chi connectivity index (χ2v) is 10.1. The van der Waals surface area contributed by atoms with E-state index in [2.05, 4.69) is 11.5 Å². The summed E-state index contributed by atoms with van der Waals surface area (Å²) in [6, 6.07) is 7.38. The number of carbonyl (C=O) groups is 2. The van der Waals surface area contributed by atoms with Gasteiger partial charge in [0.15, 0.2) is 0 Å². The topological polar surface area (TPSA) is 66.0 Å². The molecule has 2 aromatic rings. The van der Waals surface area contributed by atoms with Gasteiger partial charge >= 0.3 is 0 Å². The molecule has 0 unspecified atom stereocenters. The number of piperazine rings is 1. The van der Waals surface area contributed by atoms with Crippen LogP contribution >= 0.6 is 11.3 Å². The van der Waals surface area contributed by atoms with Crippen LogP contribution in [-0.2, 0) is 0 Å². The van der Waals surface area contributed by atoms with E-state index in [0.29, 0.717) is 30.3 Å². The van der Waals surface area contributed by atoms with E-state index in [1.807, 2.05) is 59.4 Å². The van der Waals surface area contributed by atoms with Gasteiger partial charge in [-0.25, -0.2) is 4.98 Å². The fourth-order valence-corrected chi connectivity index (χ4v) is 5.48. The van der Waals surface area contributed by atoms with E-state index in [9.17, 15) is 9.59 Å². The molecule has 0 atom stereocenters. The molecule has 0 aliphatic carbocycles. The first kappa shape index (κ1) is 24.4. The third kappa shape index (κ3) is 5.85. The Labute approximate surface area is 206 Å².